The maximum absolute atomic E-state index is 12.3. The highest BCUT2D eigenvalue weighted by Gasteiger charge is 2.34. The molecule has 0 fully saturated rings. The molecule has 1 N–H and O–H groups in total. The van der Waals surface area contributed by atoms with E-state index in [4.69, 9.17) is 19.7 Å². The Morgan fingerprint density at radius 1 is 1.35 bits per heavy atom. The maximum Gasteiger partial charge on any atom is 0.282 e. The Bertz CT molecular complexity index is 852. The van der Waals surface area contributed by atoms with Crippen molar-refractivity contribution in [1.29, 1.82) is 5.41 Å². The lowest BCUT2D eigenvalue weighted by Crippen LogP contribution is -2.38. The van der Waals surface area contributed by atoms with E-state index in [1.54, 1.807) is 44.4 Å². The quantitative estimate of drug-likeness (QED) is 0.820. The number of hydroxylamine groups is 2. The van der Waals surface area contributed by atoms with Gasteiger partial charge in [-0.05, 0) is 36.6 Å². The van der Waals surface area contributed by atoms with Crippen LogP contribution >= 0.6 is 0 Å². The number of carbonyl (C=O) groups excluding carboxylic acids is 1. The van der Waals surface area contributed by atoms with Crippen molar-refractivity contribution in [1.82, 2.24) is 5.06 Å². The van der Waals surface area contributed by atoms with Crippen molar-refractivity contribution in [2.45, 2.75) is 20.8 Å². The van der Waals surface area contributed by atoms with E-state index in [1.807, 2.05) is 0 Å². The predicted octanol–water partition coefficient (Wildman–Crippen LogP) is 3.18. The fourth-order valence-corrected chi connectivity index (χ4v) is 2.52. The normalized spacial score (nSPS) is 17.9. The zero-order valence-corrected chi connectivity index (χ0v) is 15.2. The van der Waals surface area contributed by atoms with Gasteiger partial charge in [0.05, 0.1) is 19.3 Å². The fraction of sp³-hybridized carbons (Fsp3) is 0.316. The van der Waals surface area contributed by atoms with Gasteiger partial charge in [0.15, 0.2) is 23.2 Å². The van der Waals surface area contributed by atoms with Crippen LogP contribution in [0, 0.1) is 11.3 Å². The molecule has 0 saturated carbocycles. The summed E-state index contributed by atoms with van der Waals surface area (Å²) >= 11 is 0. The second kappa shape index (κ2) is 7.03. The number of allylic oxidation sites excluding steroid dienone is 1. The van der Waals surface area contributed by atoms with E-state index in [-0.39, 0.29) is 11.4 Å². The molecule has 136 valence electrons. The summed E-state index contributed by atoms with van der Waals surface area (Å²) in [6.07, 6.45) is 3.21. The molecule has 1 aromatic rings. The summed E-state index contributed by atoms with van der Waals surface area (Å²) in [6.45, 7) is 6.45. The molecule has 0 aromatic heterocycles. The number of hydrogen-bond donors (Lipinski definition) is 1. The molecule has 0 atom stereocenters. The zero-order chi connectivity index (χ0) is 18.8. The van der Waals surface area contributed by atoms with Crippen molar-refractivity contribution >= 4 is 23.7 Å². The van der Waals surface area contributed by atoms with Crippen LogP contribution in [0.5, 0.6) is 11.5 Å². The Morgan fingerprint density at radius 2 is 2.12 bits per heavy atom. The topological polar surface area (TPSA) is 84.2 Å². The zero-order valence-electron chi connectivity index (χ0n) is 15.2. The van der Waals surface area contributed by atoms with Crippen LogP contribution in [-0.2, 0) is 9.63 Å². The number of ether oxygens (including phenoxy) is 2. The van der Waals surface area contributed by atoms with Gasteiger partial charge in [0, 0.05) is 6.08 Å². The highest BCUT2D eigenvalue weighted by molar-refractivity contribution is 6.32. The molecule has 0 aliphatic carbocycles. The van der Waals surface area contributed by atoms with E-state index < -0.39 is 5.91 Å². The second-order valence-corrected chi connectivity index (χ2v) is 6.44. The van der Waals surface area contributed by atoms with E-state index in [1.165, 1.54) is 5.06 Å². The van der Waals surface area contributed by atoms with Gasteiger partial charge in [0.2, 0.25) is 0 Å². The standard InChI is InChI=1S/C19H21N3O4/c1-11(2)10-25-15-6-5-13(9-16(15)24-4)8-14-18(20)22-17(21-19(14)23)7-12(3)26-22/h5-9,11,20H,10H2,1-4H3/b14-8+,20-18?. The first-order chi connectivity index (χ1) is 12.4. The van der Waals surface area contributed by atoms with Crippen LogP contribution in [0.25, 0.3) is 6.08 Å². The Morgan fingerprint density at radius 3 is 2.81 bits per heavy atom. The molecule has 0 saturated heterocycles. The molecule has 1 aromatic carbocycles. The van der Waals surface area contributed by atoms with Gasteiger partial charge in [-0.3, -0.25) is 10.2 Å². The first kappa shape index (κ1) is 17.7. The number of rotatable bonds is 5. The van der Waals surface area contributed by atoms with Gasteiger partial charge in [-0.25, -0.2) is 0 Å². The summed E-state index contributed by atoms with van der Waals surface area (Å²) in [6, 6.07) is 5.35. The first-order valence-electron chi connectivity index (χ1n) is 8.30. The van der Waals surface area contributed by atoms with E-state index in [0.29, 0.717) is 41.2 Å². The van der Waals surface area contributed by atoms with E-state index in [9.17, 15) is 4.79 Å². The number of benzene rings is 1. The monoisotopic (exact) mass is 355 g/mol. The molecule has 2 aliphatic rings. The van der Waals surface area contributed by atoms with Crippen LogP contribution in [0.3, 0.4) is 0 Å². The van der Waals surface area contributed by atoms with Crippen molar-refractivity contribution in [2.24, 2.45) is 10.9 Å². The van der Waals surface area contributed by atoms with E-state index >= 15 is 0 Å². The van der Waals surface area contributed by atoms with E-state index in [0.717, 1.165) is 0 Å². The molecule has 0 bridgehead atoms. The third-order valence-corrected chi connectivity index (χ3v) is 3.75. The van der Waals surface area contributed by atoms with Crippen LogP contribution in [0.15, 0.2) is 40.6 Å². The number of hydrogen-bond acceptors (Lipinski definition) is 5. The molecule has 2 heterocycles. The fourth-order valence-electron chi connectivity index (χ4n) is 2.52. The Labute approximate surface area is 152 Å². The minimum atomic E-state index is -0.477. The minimum Gasteiger partial charge on any atom is -0.493 e. The molecule has 0 unspecified atom stereocenters. The minimum absolute atomic E-state index is 0.0489. The van der Waals surface area contributed by atoms with Gasteiger partial charge < -0.3 is 14.3 Å². The van der Waals surface area contributed by atoms with Crippen molar-refractivity contribution < 1.29 is 19.1 Å². The molecule has 7 heteroatoms. The maximum atomic E-state index is 12.3. The summed E-state index contributed by atoms with van der Waals surface area (Å²) in [5.74, 6) is 1.97. The third kappa shape index (κ3) is 3.46. The largest absolute Gasteiger partial charge is 0.493 e. The smallest absolute Gasteiger partial charge is 0.282 e. The first-order valence-corrected chi connectivity index (χ1v) is 8.30. The molecular formula is C19H21N3O4. The van der Waals surface area contributed by atoms with Gasteiger partial charge >= 0.3 is 0 Å². The lowest BCUT2D eigenvalue weighted by Gasteiger charge is -2.23. The van der Waals surface area contributed by atoms with Crippen molar-refractivity contribution in [3.63, 3.8) is 0 Å². The lowest BCUT2D eigenvalue weighted by atomic mass is 10.1. The summed E-state index contributed by atoms with van der Waals surface area (Å²) in [5, 5.41) is 9.47. The number of aliphatic imine (C=N–C) groups is 1. The average Bonchev–Trinajstić information content (AvgIpc) is 2.97. The van der Waals surface area contributed by atoms with Crippen LogP contribution in [0.4, 0.5) is 0 Å². The van der Waals surface area contributed by atoms with Gasteiger partial charge in [-0.1, -0.05) is 19.9 Å². The third-order valence-electron chi connectivity index (χ3n) is 3.75. The van der Waals surface area contributed by atoms with Crippen molar-refractivity contribution in [3.05, 3.63) is 41.2 Å². The van der Waals surface area contributed by atoms with E-state index in [2.05, 4.69) is 18.8 Å². The second-order valence-electron chi connectivity index (χ2n) is 6.44. The Kier molecular flexibility index (Phi) is 4.79. The van der Waals surface area contributed by atoms with Crippen LogP contribution < -0.4 is 9.47 Å². The highest BCUT2D eigenvalue weighted by Crippen LogP contribution is 2.30. The molecule has 0 radical (unpaired) electrons. The van der Waals surface area contributed by atoms with Crippen LogP contribution in [-0.4, -0.2) is 36.4 Å². The summed E-state index contributed by atoms with van der Waals surface area (Å²) in [7, 11) is 1.56. The van der Waals surface area contributed by atoms with Crippen molar-refractivity contribution in [3.8, 4) is 11.5 Å². The molecule has 7 nitrogen and oxygen atoms in total. The van der Waals surface area contributed by atoms with Crippen LogP contribution in [0.1, 0.15) is 26.3 Å². The predicted molar refractivity (Wildman–Crippen MR) is 98.2 cm³/mol. The lowest BCUT2D eigenvalue weighted by molar-refractivity contribution is -0.114. The molecule has 0 spiro atoms. The molecular weight excluding hydrogens is 334 g/mol. The van der Waals surface area contributed by atoms with Crippen molar-refractivity contribution in [2.75, 3.05) is 13.7 Å². The Balaban J connectivity index is 1.88. The number of nitrogens with zero attached hydrogens (tertiary/aromatic N) is 2. The summed E-state index contributed by atoms with van der Waals surface area (Å²) < 4.78 is 11.1. The highest BCUT2D eigenvalue weighted by atomic mass is 16.7. The van der Waals surface area contributed by atoms with Gasteiger partial charge in [0.25, 0.3) is 5.91 Å². The molecule has 26 heavy (non-hydrogen) atoms. The van der Waals surface area contributed by atoms with Gasteiger partial charge in [0.1, 0.15) is 5.76 Å². The van der Waals surface area contributed by atoms with Crippen LogP contribution in [0.2, 0.25) is 0 Å². The summed E-state index contributed by atoms with van der Waals surface area (Å²) in [4.78, 5) is 21.7. The number of methoxy groups -OCH3 is 1. The SMILES string of the molecule is COc1cc(/C=C2\C(=N)N3OC(C)=CC3=NC2=O)ccc1OCC(C)C. The summed E-state index contributed by atoms with van der Waals surface area (Å²) in [5.41, 5.74) is 0.851. The number of fused-ring (bicyclic) bond motifs is 1. The molecule has 2 aliphatic heterocycles. The average molecular weight is 355 g/mol. The van der Waals surface area contributed by atoms with Gasteiger partial charge in [-0.2, -0.15) is 4.99 Å². The Hall–Kier alpha value is -3.09. The molecule has 1 amide bonds. The van der Waals surface area contributed by atoms with Gasteiger partial charge in [-0.15, -0.1) is 5.06 Å². The molecule has 3 rings (SSSR count). The number of amides is 1. The number of nitrogens with one attached hydrogen (secondary N) is 1. The number of amidine groups is 2. The number of carbonyl (C=O) groups is 1.